The Morgan fingerprint density at radius 3 is 2.50 bits per heavy atom. The number of benzene rings is 2. The van der Waals surface area contributed by atoms with E-state index in [-0.39, 0.29) is 6.61 Å². The minimum Gasteiger partial charge on any atom is -0.468 e. The molecule has 1 N–H and O–H groups in total. The van der Waals surface area contributed by atoms with Crippen molar-refractivity contribution < 1.29 is 18.8 Å². The topological polar surface area (TPSA) is 84.8 Å². The van der Waals surface area contributed by atoms with E-state index in [9.17, 15) is 5.11 Å². The fourth-order valence-electron chi connectivity index (χ4n) is 3.41. The van der Waals surface area contributed by atoms with Crippen molar-refractivity contribution in [2.75, 3.05) is 19.7 Å². The molecule has 0 radical (unpaired) electrons. The molecule has 4 aromatic rings. The van der Waals surface area contributed by atoms with Crippen LogP contribution in [0.15, 0.2) is 88.0 Å². The Kier molecular flexibility index (Phi) is 7.81. The third-order valence-electron chi connectivity index (χ3n) is 4.99. The summed E-state index contributed by atoms with van der Waals surface area (Å²) < 4.78 is 16.6. The van der Waals surface area contributed by atoms with Gasteiger partial charge in [-0.15, -0.1) is 0 Å². The first kappa shape index (κ1) is 22.0. The Balaban J connectivity index is 1.30. The van der Waals surface area contributed by atoms with Crippen LogP contribution in [0.5, 0.6) is 0 Å². The van der Waals surface area contributed by atoms with Gasteiger partial charge >= 0.3 is 0 Å². The monoisotopic (exact) mass is 433 g/mol. The van der Waals surface area contributed by atoms with Crippen LogP contribution in [0.25, 0.3) is 11.4 Å². The maximum atomic E-state index is 10.5. The molecule has 0 spiro atoms. The average Bonchev–Trinajstić information content (AvgIpc) is 3.51. The van der Waals surface area contributed by atoms with Crippen LogP contribution in [0.3, 0.4) is 0 Å². The Morgan fingerprint density at radius 1 is 0.969 bits per heavy atom. The molecule has 0 aliphatic rings. The molecule has 0 unspecified atom stereocenters. The van der Waals surface area contributed by atoms with Gasteiger partial charge in [0.2, 0.25) is 11.7 Å². The fourth-order valence-corrected chi connectivity index (χ4v) is 3.41. The van der Waals surface area contributed by atoms with Crippen molar-refractivity contribution >= 4 is 0 Å². The van der Waals surface area contributed by atoms with Crippen LogP contribution in [0, 0.1) is 0 Å². The predicted octanol–water partition coefficient (Wildman–Crippen LogP) is 3.95. The lowest BCUT2D eigenvalue weighted by Crippen LogP contribution is -2.35. The zero-order valence-electron chi connectivity index (χ0n) is 17.8. The molecule has 4 rings (SSSR count). The molecule has 2 aromatic carbocycles. The third kappa shape index (κ3) is 6.62. The van der Waals surface area contributed by atoms with E-state index in [0.717, 1.165) is 16.9 Å². The Labute approximate surface area is 187 Å². The highest BCUT2D eigenvalue weighted by molar-refractivity contribution is 5.53. The van der Waals surface area contributed by atoms with Gasteiger partial charge in [0.1, 0.15) is 5.76 Å². The predicted molar refractivity (Wildman–Crippen MR) is 120 cm³/mol. The standard InChI is InChI=1S/C25H27N3O4/c29-22(19-30-18-20-8-3-1-4-9-20)16-28(17-23-12-7-15-31-23)14-13-24-26-25(27-32-24)21-10-5-2-6-11-21/h1-12,15,22,29H,13-14,16-19H2/t22-/m1/s1. The fraction of sp³-hybridized carbons (Fsp3) is 0.280. The van der Waals surface area contributed by atoms with E-state index < -0.39 is 6.10 Å². The molecule has 0 aliphatic carbocycles. The van der Waals surface area contributed by atoms with Crippen LogP contribution < -0.4 is 0 Å². The van der Waals surface area contributed by atoms with Gasteiger partial charge in [-0.25, -0.2) is 0 Å². The zero-order chi connectivity index (χ0) is 22.0. The lowest BCUT2D eigenvalue weighted by Gasteiger charge is -2.23. The molecule has 2 aromatic heterocycles. The van der Waals surface area contributed by atoms with Gasteiger partial charge in [-0.05, 0) is 17.7 Å². The number of rotatable bonds is 12. The SMILES string of the molecule is O[C@@H](COCc1ccccc1)CN(CCc1nc(-c2ccccc2)no1)Cc1ccco1. The second-order valence-corrected chi connectivity index (χ2v) is 7.60. The first-order valence-electron chi connectivity index (χ1n) is 10.7. The van der Waals surface area contributed by atoms with Crippen LogP contribution in [-0.4, -0.2) is 45.9 Å². The van der Waals surface area contributed by atoms with E-state index in [4.69, 9.17) is 13.7 Å². The summed E-state index contributed by atoms with van der Waals surface area (Å²) in [5.74, 6) is 1.97. The van der Waals surface area contributed by atoms with Crippen molar-refractivity contribution in [3.8, 4) is 11.4 Å². The summed E-state index contributed by atoms with van der Waals surface area (Å²) >= 11 is 0. The molecule has 2 heterocycles. The van der Waals surface area contributed by atoms with E-state index in [0.29, 0.717) is 44.4 Å². The highest BCUT2D eigenvalue weighted by Gasteiger charge is 2.16. The van der Waals surface area contributed by atoms with Crippen molar-refractivity contribution in [3.63, 3.8) is 0 Å². The second kappa shape index (κ2) is 11.4. The zero-order valence-corrected chi connectivity index (χ0v) is 17.8. The molecule has 32 heavy (non-hydrogen) atoms. The molecular formula is C25H27N3O4. The Bertz CT molecular complexity index is 1040. The van der Waals surface area contributed by atoms with Gasteiger partial charge in [-0.2, -0.15) is 4.98 Å². The highest BCUT2D eigenvalue weighted by Crippen LogP contribution is 2.15. The molecule has 7 heteroatoms. The van der Waals surface area contributed by atoms with E-state index in [1.54, 1.807) is 6.26 Å². The molecular weight excluding hydrogens is 406 g/mol. The minimum atomic E-state index is -0.628. The normalized spacial score (nSPS) is 12.3. The molecule has 0 bridgehead atoms. The summed E-state index contributed by atoms with van der Waals surface area (Å²) in [7, 11) is 0. The van der Waals surface area contributed by atoms with E-state index in [1.165, 1.54) is 0 Å². The summed E-state index contributed by atoms with van der Waals surface area (Å²) in [5.41, 5.74) is 2.00. The molecule has 1 atom stereocenters. The van der Waals surface area contributed by atoms with E-state index in [2.05, 4.69) is 15.0 Å². The number of hydrogen-bond acceptors (Lipinski definition) is 7. The van der Waals surface area contributed by atoms with Gasteiger partial charge in [0, 0.05) is 25.1 Å². The summed E-state index contributed by atoms with van der Waals surface area (Å²) in [6.07, 6.45) is 1.59. The van der Waals surface area contributed by atoms with Gasteiger partial charge in [0.25, 0.3) is 0 Å². The van der Waals surface area contributed by atoms with E-state index in [1.807, 2.05) is 72.8 Å². The minimum absolute atomic E-state index is 0.252. The quantitative estimate of drug-likeness (QED) is 0.362. The molecule has 166 valence electrons. The lowest BCUT2D eigenvalue weighted by molar-refractivity contribution is 0.00750. The second-order valence-electron chi connectivity index (χ2n) is 7.60. The highest BCUT2D eigenvalue weighted by atomic mass is 16.5. The first-order chi connectivity index (χ1) is 15.8. The van der Waals surface area contributed by atoms with Gasteiger partial charge < -0.3 is 18.8 Å². The first-order valence-corrected chi connectivity index (χ1v) is 10.7. The van der Waals surface area contributed by atoms with Gasteiger partial charge in [-0.3, -0.25) is 4.90 Å². The maximum absolute atomic E-state index is 10.5. The average molecular weight is 434 g/mol. The van der Waals surface area contributed by atoms with E-state index >= 15 is 0 Å². The molecule has 0 aliphatic heterocycles. The summed E-state index contributed by atoms with van der Waals surface area (Å²) in [5, 5.41) is 14.6. The van der Waals surface area contributed by atoms with Crippen LogP contribution in [-0.2, 0) is 24.3 Å². The number of aliphatic hydroxyl groups excluding tert-OH is 1. The van der Waals surface area contributed by atoms with Crippen molar-refractivity contribution in [3.05, 3.63) is 96.3 Å². The molecule has 0 fully saturated rings. The number of hydrogen-bond donors (Lipinski definition) is 1. The largest absolute Gasteiger partial charge is 0.468 e. The van der Waals surface area contributed by atoms with Gasteiger partial charge in [0.05, 0.1) is 32.1 Å². The van der Waals surface area contributed by atoms with Crippen LogP contribution in [0.4, 0.5) is 0 Å². The maximum Gasteiger partial charge on any atom is 0.228 e. The summed E-state index contributed by atoms with van der Waals surface area (Å²) in [6, 6.07) is 23.4. The van der Waals surface area contributed by atoms with Crippen LogP contribution in [0.2, 0.25) is 0 Å². The Morgan fingerprint density at radius 2 is 1.75 bits per heavy atom. The number of aliphatic hydroxyl groups is 1. The summed E-state index contributed by atoms with van der Waals surface area (Å²) in [6.45, 7) is 2.37. The third-order valence-corrected chi connectivity index (χ3v) is 4.99. The number of ether oxygens (including phenoxy) is 1. The van der Waals surface area contributed by atoms with Crippen molar-refractivity contribution in [1.82, 2.24) is 15.0 Å². The number of aromatic nitrogens is 2. The number of nitrogens with zero attached hydrogens (tertiary/aromatic N) is 3. The Hall–Kier alpha value is -3.26. The number of furan rings is 1. The van der Waals surface area contributed by atoms with Crippen molar-refractivity contribution in [2.24, 2.45) is 0 Å². The van der Waals surface area contributed by atoms with Gasteiger partial charge in [-0.1, -0.05) is 65.8 Å². The summed E-state index contributed by atoms with van der Waals surface area (Å²) in [4.78, 5) is 6.60. The molecule has 0 amide bonds. The lowest BCUT2D eigenvalue weighted by atomic mass is 10.2. The van der Waals surface area contributed by atoms with Gasteiger partial charge in [0.15, 0.2) is 0 Å². The van der Waals surface area contributed by atoms with Crippen molar-refractivity contribution in [2.45, 2.75) is 25.7 Å². The molecule has 0 saturated heterocycles. The van der Waals surface area contributed by atoms with Crippen LogP contribution in [0.1, 0.15) is 17.2 Å². The van der Waals surface area contributed by atoms with Crippen molar-refractivity contribution in [1.29, 1.82) is 0 Å². The smallest absolute Gasteiger partial charge is 0.228 e. The molecule has 0 saturated carbocycles. The molecule has 7 nitrogen and oxygen atoms in total. The van der Waals surface area contributed by atoms with Crippen LogP contribution >= 0.6 is 0 Å².